The number of hydrogen-bond acceptors (Lipinski definition) is 3. The topological polar surface area (TPSA) is 54.5 Å². The lowest BCUT2D eigenvalue weighted by Crippen LogP contribution is -2.38. The number of amides is 1. The number of nitrogens with zero attached hydrogens (tertiary/aromatic N) is 1. The minimum absolute atomic E-state index is 0.0206. The van der Waals surface area contributed by atoms with Crippen LogP contribution in [0.5, 0.6) is 0 Å². The Morgan fingerprint density at radius 1 is 1.42 bits per heavy atom. The van der Waals surface area contributed by atoms with Crippen molar-refractivity contribution in [1.82, 2.24) is 4.90 Å². The van der Waals surface area contributed by atoms with Crippen LogP contribution in [0.2, 0.25) is 0 Å². The van der Waals surface area contributed by atoms with Gasteiger partial charge in [0.05, 0.1) is 17.9 Å². The van der Waals surface area contributed by atoms with E-state index in [0.29, 0.717) is 12.8 Å². The van der Waals surface area contributed by atoms with Crippen LogP contribution in [0, 0.1) is 6.92 Å². The van der Waals surface area contributed by atoms with E-state index >= 15 is 0 Å². The molecular weight excluding hydrogens is 262 g/mol. The van der Waals surface area contributed by atoms with Crippen LogP contribution < -0.4 is 0 Å². The standard InChI is InChI=1S/C14H19NO3S/c1-11-4-3-5-12(8-11)9-14(16)15(2)13-6-7-19(17,18)10-13/h3-5,8,13H,6-7,9-10H2,1-2H3. The molecule has 1 fully saturated rings. The summed E-state index contributed by atoms with van der Waals surface area (Å²) < 4.78 is 22.9. The minimum atomic E-state index is -2.95. The normalized spacial score (nSPS) is 21.3. The van der Waals surface area contributed by atoms with Crippen LogP contribution in [0.15, 0.2) is 24.3 Å². The van der Waals surface area contributed by atoms with E-state index in [9.17, 15) is 13.2 Å². The van der Waals surface area contributed by atoms with Crippen molar-refractivity contribution in [3.8, 4) is 0 Å². The van der Waals surface area contributed by atoms with Gasteiger partial charge in [0.1, 0.15) is 0 Å². The van der Waals surface area contributed by atoms with Crippen LogP contribution in [0.3, 0.4) is 0 Å². The Morgan fingerprint density at radius 2 is 2.16 bits per heavy atom. The zero-order valence-electron chi connectivity index (χ0n) is 11.3. The van der Waals surface area contributed by atoms with Crippen molar-refractivity contribution < 1.29 is 13.2 Å². The third-order valence-electron chi connectivity index (χ3n) is 3.59. The summed E-state index contributed by atoms with van der Waals surface area (Å²) in [7, 11) is -1.25. The highest BCUT2D eigenvalue weighted by Gasteiger charge is 2.32. The summed E-state index contributed by atoms with van der Waals surface area (Å²) in [6.45, 7) is 1.99. The molecule has 0 bridgehead atoms. The second-order valence-corrected chi connectivity index (χ2v) is 7.46. The van der Waals surface area contributed by atoms with E-state index in [4.69, 9.17) is 0 Å². The predicted octanol–water partition coefficient (Wildman–Crippen LogP) is 1.18. The highest BCUT2D eigenvalue weighted by molar-refractivity contribution is 7.91. The molecule has 1 unspecified atom stereocenters. The van der Waals surface area contributed by atoms with Crippen molar-refractivity contribution in [3.05, 3.63) is 35.4 Å². The van der Waals surface area contributed by atoms with Crippen molar-refractivity contribution in [2.45, 2.75) is 25.8 Å². The molecule has 0 spiro atoms. The summed E-state index contributed by atoms with van der Waals surface area (Å²) in [5.74, 6) is 0.274. The lowest BCUT2D eigenvalue weighted by atomic mass is 10.1. The number of sulfone groups is 1. The second kappa shape index (κ2) is 5.33. The lowest BCUT2D eigenvalue weighted by Gasteiger charge is -2.23. The average molecular weight is 281 g/mol. The van der Waals surface area contributed by atoms with E-state index in [1.54, 1.807) is 11.9 Å². The zero-order valence-corrected chi connectivity index (χ0v) is 12.1. The van der Waals surface area contributed by atoms with Crippen LogP contribution in [0.25, 0.3) is 0 Å². The van der Waals surface area contributed by atoms with E-state index in [1.165, 1.54) is 0 Å². The second-order valence-electron chi connectivity index (χ2n) is 5.23. The smallest absolute Gasteiger partial charge is 0.227 e. The van der Waals surface area contributed by atoms with Gasteiger partial charge in [-0.25, -0.2) is 8.42 Å². The Labute approximate surface area is 114 Å². The van der Waals surface area contributed by atoms with Crippen molar-refractivity contribution in [1.29, 1.82) is 0 Å². The van der Waals surface area contributed by atoms with Crippen LogP contribution in [0.4, 0.5) is 0 Å². The van der Waals surface area contributed by atoms with Gasteiger partial charge in [0, 0.05) is 13.1 Å². The molecular formula is C14H19NO3S. The van der Waals surface area contributed by atoms with Crippen LogP contribution >= 0.6 is 0 Å². The van der Waals surface area contributed by atoms with Crippen molar-refractivity contribution in [2.75, 3.05) is 18.6 Å². The molecule has 0 aromatic heterocycles. The summed E-state index contributed by atoms with van der Waals surface area (Å²) >= 11 is 0. The molecule has 4 nitrogen and oxygen atoms in total. The third-order valence-corrected chi connectivity index (χ3v) is 5.34. The molecule has 1 aliphatic rings. The van der Waals surface area contributed by atoms with E-state index in [2.05, 4.69) is 0 Å². The molecule has 1 aromatic rings. The van der Waals surface area contributed by atoms with Gasteiger partial charge in [0.25, 0.3) is 0 Å². The Hall–Kier alpha value is -1.36. The zero-order chi connectivity index (χ0) is 14.0. The Balaban J connectivity index is 2.00. The quantitative estimate of drug-likeness (QED) is 0.836. The highest BCUT2D eigenvalue weighted by atomic mass is 32.2. The maximum atomic E-state index is 12.2. The summed E-state index contributed by atoms with van der Waals surface area (Å²) in [4.78, 5) is 13.7. The molecule has 1 aliphatic heterocycles. The van der Waals surface area contributed by atoms with Crippen LogP contribution in [-0.4, -0.2) is 43.8 Å². The number of carbonyl (C=O) groups is 1. The minimum Gasteiger partial charge on any atom is -0.341 e. The molecule has 0 saturated carbocycles. The Morgan fingerprint density at radius 3 is 2.74 bits per heavy atom. The lowest BCUT2D eigenvalue weighted by molar-refractivity contribution is -0.130. The summed E-state index contributed by atoms with van der Waals surface area (Å²) in [6, 6.07) is 7.66. The molecule has 1 atom stereocenters. The van der Waals surface area contributed by atoms with Crippen molar-refractivity contribution in [2.24, 2.45) is 0 Å². The molecule has 5 heteroatoms. The molecule has 1 saturated heterocycles. The third kappa shape index (κ3) is 3.56. The van der Waals surface area contributed by atoms with E-state index in [-0.39, 0.29) is 23.5 Å². The van der Waals surface area contributed by atoms with Gasteiger partial charge in [-0.15, -0.1) is 0 Å². The predicted molar refractivity (Wildman–Crippen MR) is 74.7 cm³/mol. The largest absolute Gasteiger partial charge is 0.341 e. The summed E-state index contributed by atoms with van der Waals surface area (Å²) in [5, 5.41) is 0. The molecule has 1 amide bonds. The van der Waals surface area contributed by atoms with Gasteiger partial charge in [-0.1, -0.05) is 29.8 Å². The fourth-order valence-corrected chi connectivity index (χ4v) is 4.18. The van der Waals surface area contributed by atoms with Gasteiger partial charge in [-0.05, 0) is 18.9 Å². The number of hydrogen-bond donors (Lipinski definition) is 0. The molecule has 0 aliphatic carbocycles. The van der Waals surface area contributed by atoms with Crippen molar-refractivity contribution >= 4 is 15.7 Å². The Bertz CT molecular complexity index is 580. The number of carbonyl (C=O) groups excluding carboxylic acids is 1. The molecule has 1 aromatic carbocycles. The first-order valence-electron chi connectivity index (χ1n) is 6.39. The van der Waals surface area contributed by atoms with E-state index in [1.807, 2.05) is 31.2 Å². The first kappa shape index (κ1) is 14.1. The monoisotopic (exact) mass is 281 g/mol. The maximum Gasteiger partial charge on any atom is 0.227 e. The van der Waals surface area contributed by atoms with Gasteiger partial charge < -0.3 is 4.90 Å². The highest BCUT2D eigenvalue weighted by Crippen LogP contribution is 2.17. The van der Waals surface area contributed by atoms with Crippen molar-refractivity contribution in [3.63, 3.8) is 0 Å². The first-order chi connectivity index (χ1) is 8.87. The van der Waals surface area contributed by atoms with Crippen LogP contribution in [0.1, 0.15) is 17.5 Å². The number of benzene rings is 1. The van der Waals surface area contributed by atoms with Gasteiger partial charge in [-0.2, -0.15) is 0 Å². The fourth-order valence-electron chi connectivity index (χ4n) is 2.41. The molecule has 1 heterocycles. The number of likely N-dealkylation sites (N-methyl/N-ethyl adjacent to an activating group) is 1. The SMILES string of the molecule is Cc1cccc(CC(=O)N(C)C2CCS(=O)(=O)C2)c1. The first-order valence-corrected chi connectivity index (χ1v) is 8.21. The van der Waals surface area contributed by atoms with Gasteiger partial charge in [-0.3, -0.25) is 4.79 Å². The van der Waals surface area contributed by atoms with E-state index in [0.717, 1.165) is 11.1 Å². The average Bonchev–Trinajstić information content (AvgIpc) is 2.68. The summed E-state index contributed by atoms with van der Waals surface area (Å²) in [5.41, 5.74) is 2.09. The molecule has 104 valence electrons. The number of rotatable bonds is 3. The van der Waals surface area contributed by atoms with Crippen LogP contribution in [-0.2, 0) is 21.1 Å². The molecule has 0 N–H and O–H groups in total. The van der Waals surface area contributed by atoms with Gasteiger partial charge >= 0.3 is 0 Å². The Kier molecular flexibility index (Phi) is 3.94. The molecule has 19 heavy (non-hydrogen) atoms. The maximum absolute atomic E-state index is 12.2. The fraction of sp³-hybridized carbons (Fsp3) is 0.500. The van der Waals surface area contributed by atoms with Gasteiger partial charge in [0.15, 0.2) is 9.84 Å². The summed E-state index contributed by atoms with van der Waals surface area (Å²) in [6.07, 6.45) is 0.882. The number of aryl methyl sites for hydroxylation is 1. The molecule has 2 rings (SSSR count). The molecule has 0 radical (unpaired) electrons. The van der Waals surface area contributed by atoms with E-state index < -0.39 is 9.84 Å². The van der Waals surface area contributed by atoms with Gasteiger partial charge in [0.2, 0.25) is 5.91 Å².